The monoisotopic (exact) mass is 479 g/mol. The van der Waals surface area contributed by atoms with Crippen LogP contribution in [-0.2, 0) is 9.84 Å². The van der Waals surface area contributed by atoms with Gasteiger partial charge in [0, 0.05) is 0 Å². The lowest BCUT2D eigenvalue weighted by Crippen LogP contribution is -2.27. The highest BCUT2D eigenvalue weighted by Gasteiger charge is 2.32. The van der Waals surface area contributed by atoms with E-state index in [2.05, 4.69) is 15.0 Å². The van der Waals surface area contributed by atoms with E-state index in [4.69, 9.17) is 5.73 Å². The van der Waals surface area contributed by atoms with E-state index < -0.39 is 27.2 Å². The van der Waals surface area contributed by atoms with Crippen molar-refractivity contribution in [1.82, 2.24) is 0 Å². The predicted octanol–water partition coefficient (Wildman–Crippen LogP) is 2.51. The highest BCUT2D eigenvalue weighted by molar-refractivity contribution is 14.0. The number of nitrogens with zero attached hydrogens (tertiary/aromatic N) is 1. The summed E-state index contributed by atoms with van der Waals surface area (Å²) in [7, 11) is -3.15. The summed E-state index contributed by atoms with van der Waals surface area (Å²) in [6, 6.07) is 5.35. The molecule has 1 aliphatic rings. The summed E-state index contributed by atoms with van der Waals surface area (Å²) in [5.41, 5.74) is 5.60. The molecule has 1 aromatic rings. The summed E-state index contributed by atoms with van der Waals surface area (Å²) in [5, 5.41) is 1.90. The number of rotatable bonds is 4. The number of ether oxygens (including phenoxy) is 1. The van der Waals surface area contributed by atoms with Crippen LogP contribution in [0.1, 0.15) is 12.8 Å². The van der Waals surface area contributed by atoms with Gasteiger partial charge in [-0.2, -0.15) is 0 Å². The molecule has 0 spiro atoms. The van der Waals surface area contributed by atoms with Crippen LogP contribution >= 0.6 is 24.0 Å². The summed E-state index contributed by atoms with van der Waals surface area (Å²) < 4.78 is 64.2. The SMILES string of the molecule is I.NC(=NCC1CCCS1(=O)=O)Nc1ccccc1OC(F)(F)F. The third-order valence-electron chi connectivity index (χ3n) is 3.30. The number of benzene rings is 1. The molecule has 1 atom stereocenters. The van der Waals surface area contributed by atoms with E-state index in [0.29, 0.717) is 12.8 Å². The van der Waals surface area contributed by atoms with Crippen molar-refractivity contribution in [2.75, 3.05) is 17.6 Å². The molecular weight excluding hydrogens is 462 g/mol. The van der Waals surface area contributed by atoms with Crippen LogP contribution in [0.3, 0.4) is 0 Å². The molecule has 1 unspecified atom stereocenters. The van der Waals surface area contributed by atoms with Crippen molar-refractivity contribution in [3.63, 3.8) is 0 Å². The van der Waals surface area contributed by atoms with E-state index in [1.807, 2.05) is 0 Å². The second-order valence-corrected chi connectivity index (χ2v) is 7.43. The minimum atomic E-state index is -4.83. The Bertz CT molecular complexity index is 695. The van der Waals surface area contributed by atoms with Gasteiger partial charge in [0.2, 0.25) is 0 Å². The number of aliphatic imine (C=N–C) groups is 1. The van der Waals surface area contributed by atoms with Crippen LogP contribution in [0.25, 0.3) is 0 Å². The zero-order valence-corrected chi connectivity index (χ0v) is 15.6. The first kappa shape index (κ1) is 20.8. The highest BCUT2D eigenvalue weighted by Crippen LogP contribution is 2.29. The van der Waals surface area contributed by atoms with Gasteiger partial charge >= 0.3 is 6.36 Å². The number of hydrogen-bond donors (Lipinski definition) is 2. The molecule has 1 saturated heterocycles. The number of nitrogens with one attached hydrogen (secondary N) is 1. The van der Waals surface area contributed by atoms with Crippen molar-refractivity contribution in [2.45, 2.75) is 24.5 Å². The average Bonchev–Trinajstić information content (AvgIpc) is 2.76. The molecule has 2 rings (SSSR count). The van der Waals surface area contributed by atoms with Crippen LogP contribution in [0.4, 0.5) is 18.9 Å². The van der Waals surface area contributed by atoms with Crippen LogP contribution in [-0.4, -0.2) is 38.3 Å². The Morgan fingerprint density at radius 2 is 2.04 bits per heavy atom. The lowest BCUT2D eigenvalue weighted by molar-refractivity contribution is -0.274. The van der Waals surface area contributed by atoms with Gasteiger partial charge in [-0.25, -0.2) is 8.42 Å². The fourth-order valence-electron chi connectivity index (χ4n) is 2.22. The molecule has 0 radical (unpaired) electrons. The third-order valence-corrected chi connectivity index (χ3v) is 5.56. The number of sulfone groups is 1. The lowest BCUT2D eigenvalue weighted by atomic mass is 10.2. The quantitative estimate of drug-likeness (QED) is 0.394. The normalized spacial score (nSPS) is 20.3. The van der Waals surface area contributed by atoms with E-state index in [0.717, 1.165) is 6.07 Å². The first-order valence-electron chi connectivity index (χ1n) is 6.81. The number of para-hydroxylation sites is 2. The zero-order valence-electron chi connectivity index (χ0n) is 12.4. The molecule has 3 N–H and O–H groups in total. The van der Waals surface area contributed by atoms with Crippen LogP contribution in [0, 0.1) is 0 Å². The van der Waals surface area contributed by atoms with E-state index >= 15 is 0 Å². The number of guanidine groups is 1. The molecule has 1 aromatic carbocycles. The maximum Gasteiger partial charge on any atom is 0.573 e. The van der Waals surface area contributed by atoms with Gasteiger partial charge in [0.15, 0.2) is 21.5 Å². The Balaban J connectivity index is 0.00000288. The van der Waals surface area contributed by atoms with Gasteiger partial charge in [0.05, 0.1) is 23.2 Å². The molecule has 0 bridgehead atoms. The molecule has 11 heteroatoms. The summed E-state index contributed by atoms with van der Waals surface area (Å²) in [6.07, 6.45) is -3.74. The highest BCUT2D eigenvalue weighted by atomic mass is 127. The Morgan fingerprint density at radius 1 is 1.38 bits per heavy atom. The van der Waals surface area contributed by atoms with Crippen molar-refractivity contribution in [3.05, 3.63) is 24.3 Å². The number of alkyl halides is 3. The second kappa shape index (κ2) is 8.23. The summed E-state index contributed by atoms with van der Waals surface area (Å²) in [6.45, 7) is -0.0243. The van der Waals surface area contributed by atoms with Gasteiger partial charge in [-0.05, 0) is 25.0 Å². The van der Waals surface area contributed by atoms with E-state index in [9.17, 15) is 21.6 Å². The molecule has 0 saturated carbocycles. The minimum Gasteiger partial charge on any atom is -0.404 e. The van der Waals surface area contributed by atoms with E-state index in [1.54, 1.807) is 0 Å². The largest absolute Gasteiger partial charge is 0.573 e. The van der Waals surface area contributed by atoms with Crippen molar-refractivity contribution in [3.8, 4) is 5.75 Å². The molecular formula is C13H17F3IN3O3S. The number of nitrogens with two attached hydrogens (primary N) is 1. The summed E-state index contributed by atoms with van der Waals surface area (Å²) >= 11 is 0. The predicted molar refractivity (Wildman–Crippen MR) is 95.5 cm³/mol. The van der Waals surface area contributed by atoms with Crippen LogP contribution < -0.4 is 15.8 Å². The van der Waals surface area contributed by atoms with Gasteiger partial charge in [-0.3, -0.25) is 4.99 Å². The molecule has 0 aliphatic carbocycles. The molecule has 0 aromatic heterocycles. The first-order valence-corrected chi connectivity index (χ1v) is 8.52. The standard InChI is InChI=1S/C13H16F3N3O3S.HI/c14-13(15,16)22-11-6-2-1-5-10(11)19-12(17)18-8-9-4-3-7-23(9,20)21;/h1-2,5-6,9H,3-4,7-8H2,(H3,17,18,19);1H. The summed E-state index contributed by atoms with van der Waals surface area (Å²) in [5.74, 6) is -0.500. The Labute approximate surface area is 154 Å². The Hall–Kier alpha value is -1.24. The topological polar surface area (TPSA) is 93.8 Å². The van der Waals surface area contributed by atoms with Crippen molar-refractivity contribution in [2.24, 2.45) is 10.7 Å². The summed E-state index contributed by atoms with van der Waals surface area (Å²) in [4.78, 5) is 3.90. The maximum absolute atomic E-state index is 12.3. The first-order chi connectivity index (χ1) is 10.7. The fraction of sp³-hybridized carbons (Fsp3) is 0.462. The van der Waals surface area contributed by atoms with Crippen LogP contribution in [0.2, 0.25) is 0 Å². The van der Waals surface area contributed by atoms with Crippen molar-refractivity contribution in [1.29, 1.82) is 0 Å². The van der Waals surface area contributed by atoms with Gasteiger partial charge in [0.25, 0.3) is 0 Å². The van der Waals surface area contributed by atoms with Crippen molar-refractivity contribution < 1.29 is 26.3 Å². The molecule has 1 aliphatic heterocycles. The number of halogens is 4. The molecule has 0 amide bonds. The van der Waals surface area contributed by atoms with E-state index in [1.165, 1.54) is 18.2 Å². The van der Waals surface area contributed by atoms with Gasteiger partial charge in [-0.15, -0.1) is 37.1 Å². The van der Waals surface area contributed by atoms with E-state index in [-0.39, 0.29) is 47.9 Å². The molecule has 136 valence electrons. The maximum atomic E-state index is 12.3. The number of hydrogen-bond acceptors (Lipinski definition) is 4. The molecule has 24 heavy (non-hydrogen) atoms. The molecule has 1 heterocycles. The molecule has 6 nitrogen and oxygen atoms in total. The second-order valence-electron chi connectivity index (χ2n) is 5.03. The van der Waals surface area contributed by atoms with Crippen molar-refractivity contribution >= 4 is 45.5 Å². The van der Waals surface area contributed by atoms with Gasteiger partial charge < -0.3 is 15.8 Å². The number of anilines is 1. The van der Waals surface area contributed by atoms with Crippen LogP contribution in [0.15, 0.2) is 29.3 Å². The fourth-order valence-corrected chi connectivity index (χ4v) is 3.95. The lowest BCUT2D eigenvalue weighted by Gasteiger charge is -2.14. The van der Waals surface area contributed by atoms with Crippen LogP contribution in [0.5, 0.6) is 5.75 Å². The Morgan fingerprint density at radius 3 is 2.62 bits per heavy atom. The average molecular weight is 479 g/mol. The zero-order chi connectivity index (χ0) is 17.1. The smallest absolute Gasteiger partial charge is 0.404 e. The van der Waals surface area contributed by atoms with Gasteiger partial charge in [-0.1, -0.05) is 12.1 Å². The molecule has 1 fully saturated rings. The Kier molecular flexibility index (Phi) is 7.13. The minimum absolute atomic E-state index is 0. The van der Waals surface area contributed by atoms with Gasteiger partial charge in [0.1, 0.15) is 0 Å². The third kappa shape index (κ3) is 6.00.